The van der Waals surface area contributed by atoms with E-state index in [0.29, 0.717) is 6.54 Å². The zero-order chi connectivity index (χ0) is 15.8. The number of nitrogens with zero attached hydrogens (tertiary/aromatic N) is 1. The van der Waals surface area contributed by atoms with Crippen LogP contribution in [-0.4, -0.2) is 29.9 Å². The van der Waals surface area contributed by atoms with E-state index in [9.17, 15) is 4.79 Å². The first-order chi connectivity index (χ1) is 11.2. The molecule has 2 aromatic rings. The van der Waals surface area contributed by atoms with Crippen molar-refractivity contribution in [2.24, 2.45) is 5.73 Å². The number of fused-ring (bicyclic) bond motifs is 1. The molecule has 1 saturated heterocycles. The Bertz CT molecular complexity index is 709. The first kappa shape index (κ1) is 14.9. The second kappa shape index (κ2) is 6.10. The second-order valence-corrected chi connectivity index (χ2v) is 7.61. The summed E-state index contributed by atoms with van der Waals surface area (Å²) in [5, 5.41) is 2.07. The molecule has 0 unspecified atom stereocenters. The maximum Gasteiger partial charge on any atom is 0.255 e. The Hall–Kier alpha value is -1.65. The Morgan fingerprint density at radius 2 is 1.91 bits per heavy atom. The van der Waals surface area contributed by atoms with Gasteiger partial charge < -0.3 is 10.6 Å². The maximum absolute atomic E-state index is 13.0. The van der Waals surface area contributed by atoms with Crippen LogP contribution in [0.1, 0.15) is 45.1 Å². The number of carbonyl (C=O) groups excluding carboxylic acids is 1. The Labute approximate surface area is 141 Å². The molecule has 1 amide bonds. The van der Waals surface area contributed by atoms with Crippen molar-refractivity contribution in [1.29, 1.82) is 0 Å². The summed E-state index contributed by atoms with van der Waals surface area (Å²) in [6.45, 7) is 1.39. The molecule has 0 spiro atoms. The van der Waals surface area contributed by atoms with E-state index in [2.05, 4.69) is 17.5 Å². The molecule has 0 radical (unpaired) electrons. The van der Waals surface area contributed by atoms with Crippen LogP contribution in [0.15, 0.2) is 35.7 Å². The molecule has 1 aromatic carbocycles. The third-order valence-corrected chi connectivity index (χ3v) is 6.26. The van der Waals surface area contributed by atoms with Gasteiger partial charge in [-0.25, -0.2) is 0 Å². The number of rotatable bonds is 2. The molecule has 4 rings (SSSR count). The molecule has 23 heavy (non-hydrogen) atoms. The molecular formula is C19H22N2OS. The van der Waals surface area contributed by atoms with E-state index in [1.54, 1.807) is 11.3 Å². The molecule has 1 aromatic heterocycles. The lowest BCUT2D eigenvalue weighted by Crippen LogP contribution is -2.32. The van der Waals surface area contributed by atoms with Crippen molar-refractivity contribution in [3.63, 3.8) is 0 Å². The lowest BCUT2D eigenvalue weighted by Gasteiger charge is -2.18. The summed E-state index contributed by atoms with van der Waals surface area (Å²) in [4.78, 5) is 16.4. The smallest absolute Gasteiger partial charge is 0.255 e. The van der Waals surface area contributed by atoms with Gasteiger partial charge in [0.2, 0.25) is 0 Å². The molecule has 2 heterocycles. The van der Waals surface area contributed by atoms with Gasteiger partial charge in [0.05, 0.1) is 5.56 Å². The zero-order valence-corrected chi connectivity index (χ0v) is 14.0. The van der Waals surface area contributed by atoms with Crippen molar-refractivity contribution in [3.8, 4) is 0 Å². The molecule has 1 aliphatic carbocycles. The normalized spacial score (nSPS) is 23.8. The summed E-state index contributed by atoms with van der Waals surface area (Å²) >= 11 is 1.76. The van der Waals surface area contributed by atoms with E-state index in [4.69, 9.17) is 5.73 Å². The van der Waals surface area contributed by atoms with Gasteiger partial charge in [-0.05, 0) is 36.8 Å². The predicted molar refractivity (Wildman–Crippen MR) is 94.0 cm³/mol. The van der Waals surface area contributed by atoms with E-state index in [1.807, 2.05) is 23.1 Å². The van der Waals surface area contributed by atoms with E-state index in [0.717, 1.165) is 24.9 Å². The second-order valence-electron chi connectivity index (χ2n) is 6.65. The van der Waals surface area contributed by atoms with Crippen LogP contribution in [0, 0.1) is 0 Å². The Morgan fingerprint density at radius 1 is 1.13 bits per heavy atom. The predicted octanol–water partition coefficient (Wildman–Crippen LogP) is 3.19. The third kappa shape index (κ3) is 2.70. The number of thiophene rings is 1. The van der Waals surface area contributed by atoms with Gasteiger partial charge in [-0.2, -0.15) is 0 Å². The average Bonchev–Trinajstić information content (AvgIpc) is 3.19. The van der Waals surface area contributed by atoms with Crippen LogP contribution in [0.4, 0.5) is 0 Å². The van der Waals surface area contributed by atoms with Gasteiger partial charge >= 0.3 is 0 Å². The number of nitrogens with two attached hydrogens (primary N) is 1. The first-order valence-corrected chi connectivity index (χ1v) is 9.31. The minimum absolute atomic E-state index is 0.0239. The summed E-state index contributed by atoms with van der Waals surface area (Å²) in [5.41, 5.74) is 9.82. The van der Waals surface area contributed by atoms with Crippen LogP contribution in [0.5, 0.6) is 0 Å². The Balaban J connectivity index is 1.55. The fraction of sp³-hybridized carbons (Fsp3) is 0.421. The maximum atomic E-state index is 13.0. The molecular weight excluding hydrogens is 304 g/mol. The largest absolute Gasteiger partial charge is 0.336 e. The summed E-state index contributed by atoms with van der Waals surface area (Å²) in [7, 11) is 0. The number of aryl methyl sites for hydroxylation is 1. The molecule has 1 aliphatic heterocycles. The van der Waals surface area contributed by atoms with Crippen LogP contribution < -0.4 is 5.73 Å². The van der Waals surface area contributed by atoms with E-state index in [-0.39, 0.29) is 17.9 Å². The summed E-state index contributed by atoms with van der Waals surface area (Å²) < 4.78 is 0. The van der Waals surface area contributed by atoms with Crippen LogP contribution in [0.25, 0.3) is 0 Å². The zero-order valence-electron chi connectivity index (χ0n) is 13.2. The quantitative estimate of drug-likeness (QED) is 0.921. The molecule has 2 N–H and O–H groups in total. The molecule has 0 saturated carbocycles. The lowest BCUT2D eigenvalue weighted by molar-refractivity contribution is 0.0788. The summed E-state index contributed by atoms with van der Waals surface area (Å²) in [6, 6.07) is 10.4. The Kier molecular flexibility index (Phi) is 3.95. The van der Waals surface area contributed by atoms with Crippen molar-refractivity contribution in [2.45, 2.75) is 37.6 Å². The molecule has 1 fully saturated rings. The van der Waals surface area contributed by atoms with Crippen LogP contribution in [0.3, 0.4) is 0 Å². The minimum Gasteiger partial charge on any atom is -0.336 e. The van der Waals surface area contributed by atoms with Gasteiger partial charge in [0, 0.05) is 35.3 Å². The highest BCUT2D eigenvalue weighted by atomic mass is 32.1. The standard InChI is InChI=1S/C19H22N2OS/c20-17-11-21(10-15(17)13-6-2-1-3-7-13)19(22)16-12-23-18-9-5-4-8-14(16)18/h1-3,6-7,12,15,17H,4-5,8-11,20H2/t15-,17+/m0/s1. The van der Waals surface area contributed by atoms with Crippen molar-refractivity contribution >= 4 is 17.2 Å². The van der Waals surface area contributed by atoms with E-state index < -0.39 is 0 Å². The van der Waals surface area contributed by atoms with Gasteiger partial charge in [0.15, 0.2) is 0 Å². The topological polar surface area (TPSA) is 46.3 Å². The van der Waals surface area contributed by atoms with E-state index >= 15 is 0 Å². The van der Waals surface area contributed by atoms with E-state index in [1.165, 1.54) is 28.8 Å². The monoisotopic (exact) mass is 326 g/mol. The van der Waals surface area contributed by atoms with Gasteiger partial charge in [-0.1, -0.05) is 30.3 Å². The highest BCUT2D eigenvalue weighted by molar-refractivity contribution is 7.10. The van der Waals surface area contributed by atoms with Crippen molar-refractivity contribution in [1.82, 2.24) is 4.90 Å². The summed E-state index contributed by atoms with van der Waals surface area (Å²) in [6.07, 6.45) is 4.66. The first-order valence-electron chi connectivity index (χ1n) is 8.43. The number of benzene rings is 1. The lowest BCUT2D eigenvalue weighted by atomic mass is 9.95. The third-order valence-electron chi connectivity index (χ3n) is 5.17. The minimum atomic E-state index is 0.0239. The number of likely N-dealkylation sites (tertiary alicyclic amines) is 1. The van der Waals surface area contributed by atoms with Crippen LogP contribution in [0.2, 0.25) is 0 Å². The molecule has 4 heteroatoms. The van der Waals surface area contributed by atoms with Gasteiger partial charge in [-0.15, -0.1) is 11.3 Å². The van der Waals surface area contributed by atoms with Gasteiger partial charge in [0.25, 0.3) is 5.91 Å². The van der Waals surface area contributed by atoms with Crippen LogP contribution >= 0.6 is 11.3 Å². The summed E-state index contributed by atoms with van der Waals surface area (Å²) in [5.74, 6) is 0.424. The molecule has 120 valence electrons. The number of amides is 1. The molecule has 3 nitrogen and oxygen atoms in total. The van der Waals surface area contributed by atoms with Crippen molar-refractivity contribution in [2.75, 3.05) is 13.1 Å². The molecule has 0 bridgehead atoms. The Morgan fingerprint density at radius 3 is 2.74 bits per heavy atom. The highest BCUT2D eigenvalue weighted by Gasteiger charge is 2.35. The highest BCUT2D eigenvalue weighted by Crippen LogP contribution is 2.33. The van der Waals surface area contributed by atoms with Crippen LogP contribution in [-0.2, 0) is 12.8 Å². The van der Waals surface area contributed by atoms with Crippen molar-refractivity contribution < 1.29 is 4.79 Å². The fourth-order valence-corrected chi connectivity index (χ4v) is 5.01. The van der Waals surface area contributed by atoms with Gasteiger partial charge in [0.1, 0.15) is 0 Å². The molecule has 2 aliphatic rings. The van der Waals surface area contributed by atoms with Crippen molar-refractivity contribution in [3.05, 3.63) is 57.3 Å². The fourth-order valence-electron chi connectivity index (χ4n) is 3.89. The average molecular weight is 326 g/mol. The van der Waals surface area contributed by atoms with Gasteiger partial charge in [-0.3, -0.25) is 4.79 Å². The number of carbonyl (C=O) groups is 1. The number of hydrogen-bond donors (Lipinski definition) is 1. The molecule has 2 atom stereocenters. The SMILES string of the molecule is N[C@@H]1CN(C(=O)c2csc3c2CCCC3)C[C@H]1c1ccccc1. The number of hydrogen-bond acceptors (Lipinski definition) is 3.